The zero-order chi connectivity index (χ0) is 95.6. The number of carboxylic acids is 1. The van der Waals surface area contributed by atoms with Gasteiger partial charge in [0.05, 0.1) is 224 Å². The summed E-state index contributed by atoms with van der Waals surface area (Å²) in [7, 11) is 0. The first-order valence-corrected chi connectivity index (χ1v) is 49.1. The van der Waals surface area contributed by atoms with Gasteiger partial charge in [0.1, 0.15) is 30.0 Å². The smallest absolute Gasteiger partial charge is 0.407 e. The molecule has 37 heteroatoms. The van der Waals surface area contributed by atoms with Crippen LogP contribution in [0.3, 0.4) is 0 Å². The third-order valence-electron chi connectivity index (χ3n) is 25.8. The molecule has 37 nitrogen and oxygen atoms in total. The molecule has 133 heavy (non-hydrogen) atoms. The second-order valence-electron chi connectivity index (χ2n) is 35.4. The first-order valence-electron chi connectivity index (χ1n) is 49.1. The van der Waals surface area contributed by atoms with Gasteiger partial charge in [-0.2, -0.15) is 0 Å². The molecular formula is C96H164N10O27. The standard InChI is InChI=1S/C96H164N10O27/c1-6-73(7-2)21-20-72(3)80-24-25-81-79-23-22-75-68-78(26-30-95(75,4)82(79)27-31-96(80,81)5)133-94(116)101-34-38-120-42-46-123-45-41-119-37-33-99-86(108)29-36-118-40-44-122-48-50-125-52-54-127-56-58-129-60-62-131-64-66-132-65-63-130-61-59-128-57-55-126-53-51-124-49-47-121-43-39-117-35-28-77(107)17-12-9-13-18-84-91(114)105-83(19-14-32-100-93(97)98)90(113)102-71-88(110)103-76(70-89(111)112)69-87(109)104-85(92(115)106-84)67-74-15-10-8-11-16-74/h8,10-11,15-16,22,72-73,76,78-85H,6-7,9,12-14,17-21,23-71H2,1-5H3,(H,99,108)(H,101,116)(H,102,113)(H,103,110)(H,104,109)(H,105,114)(H,106,115)(H,111,112)(H4,97,98,100)/t72-,76+,78+,79+,80?,81+,82+,83+,84+,85-,95+,96-/m1/s1. The number of Topliss-reactive ketones (excluding diaryl/α,β-unsaturated/α-hetero) is 1. The predicted octanol–water partition coefficient (Wildman–Crippen LogP) is 6.42. The summed E-state index contributed by atoms with van der Waals surface area (Å²) in [5.41, 5.74) is 13.9. The van der Waals surface area contributed by atoms with Crippen molar-refractivity contribution in [1.82, 2.24) is 37.2 Å². The number of aliphatic imine (C=N–C) groups is 1. The van der Waals surface area contributed by atoms with Crippen LogP contribution in [-0.2, 0) is 125 Å². The molecule has 4 fully saturated rings. The number of nitrogens with two attached hydrogens (primary N) is 2. The van der Waals surface area contributed by atoms with Gasteiger partial charge in [-0.1, -0.05) is 115 Å². The van der Waals surface area contributed by atoms with Gasteiger partial charge in [0.25, 0.3) is 0 Å². The molecule has 0 aromatic heterocycles. The molecule has 6 rings (SSSR count). The average Bonchev–Trinajstić information content (AvgIpc) is 1.65. The van der Waals surface area contributed by atoms with Crippen molar-refractivity contribution in [3.63, 3.8) is 0 Å². The molecule has 1 unspecified atom stereocenters. The van der Waals surface area contributed by atoms with E-state index in [0.717, 1.165) is 54.8 Å². The van der Waals surface area contributed by atoms with E-state index in [9.17, 15) is 48.3 Å². The third kappa shape index (κ3) is 49.1. The Morgan fingerprint density at radius 3 is 1.49 bits per heavy atom. The number of carbonyl (C=O) groups is 9. The quantitative estimate of drug-likeness (QED) is 0.0145. The van der Waals surface area contributed by atoms with Crippen molar-refractivity contribution in [2.24, 2.45) is 62.8 Å². The molecule has 1 aromatic carbocycles. The molecule has 12 N–H and O–H groups in total. The minimum Gasteiger partial charge on any atom is -0.481 e. The van der Waals surface area contributed by atoms with E-state index >= 15 is 0 Å². The van der Waals surface area contributed by atoms with Crippen LogP contribution in [0.5, 0.6) is 0 Å². The number of benzene rings is 1. The fourth-order valence-corrected chi connectivity index (χ4v) is 18.6. The highest BCUT2D eigenvalue weighted by Crippen LogP contribution is 2.67. The van der Waals surface area contributed by atoms with Crippen LogP contribution in [0.4, 0.5) is 4.79 Å². The lowest BCUT2D eigenvalue weighted by Crippen LogP contribution is -2.58. The second-order valence-corrected chi connectivity index (χ2v) is 35.4. The van der Waals surface area contributed by atoms with Gasteiger partial charge in [-0.25, -0.2) is 4.79 Å². The number of nitrogens with one attached hydrogen (secondary N) is 7. The molecule has 7 amide bonds. The Morgan fingerprint density at radius 2 is 0.977 bits per heavy atom. The predicted molar refractivity (Wildman–Crippen MR) is 497 cm³/mol. The van der Waals surface area contributed by atoms with E-state index in [1.54, 1.807) is 30.3 Å². The van der Waals surface area contributed by atoms with Gasteiger partial charge in [0.15, 0.2) is 5.96 Å². The summed E-state index contributed by atoms with van der Waals surface area (Å²) < 4.78 is 95.1. The number of ether oxygens (including phenoxy) is 17. The zero-order valence-electron chi connectivity index (χ0n) is 80.4. The van der Waals surface area contributed by atoms with Crippen LogP contribution in [0.2, 0.25) is 0 Å². The lowest BCUT2D eigenvalue weighted by Gasteiger charge is -2.58. The number of alkyl carbamates (subject to hydrolysis) is 1. The van der Waals surface area contributed by atoms with E-state index in [4.69, 9.17) is 92.0 Å². The number of allylic oxidation sites excluding steroid dienone is 1. The molecule has 0 spiro atoms. The fraction of sp³-hybridized carbons (Fsp3) is 0.812. The highest BCUT2D eigenvalue weighted by Gasteiger charge is 2.59. The summed E-state index contributed by atoms with van der Waals surface area (Å²) in [6.45, 7) is 25.4. The van der Waals surface area contributed by atoms with Crippen LogP contribution in [-0.4, -0.2) is 332 Å². The largest absolute Gasteiger partial charge is 0.481 e. The molecular weight excluding hydrogens is 1730 g/mol. The Hall–Kier alpha value is -7.18. The second kappa shape index (κ2) is 70.4. The number of amides is 7. The minimum absolute atomic E-state index is 0.00997. The number of rotatable bonds is 75. The Labute approximate surface area is 788 Å². The van der Waals surface area contributed by atoms with Crippen LogP contribution in [0.15, 0.2) is 47.0 Å². The number of carboxylic acid groups (broad SMARTS) is 1. The van der Waals surface area contributed by atoms with Crippen LogP contribution in [0.25, 0.3) is 0 Å². The molecule has 1 saturated heterocycles. The number of carbonyl (C=O) groups excluding carboxylic acids is 8. The number of hydrogen-bond acceptors (Lipinski definition) is 27. The molecule has 1 heterocycles. The van der Waals surface area contributed by atoms with Crippen molar-refractivity contribution in [2.75, 3.05) is 238 Å². The normalized spacial score (nSPS) is 22.6. The lowest BCUT2D eigenvalue weighted by molar-refractivity contribution is -0.138. The van der Waals surface area contributed by atoms with Gasteiger partial charge < -0.3 is 134 Å². The molecule has 0 bridgehead atoms. The average molecular weight is 1890 g/mol. The Balaban J connectivity index is 0.610. The number of hydrogen-bond donors (Lipinski definition) is 10. The van der Waals surface area contributed by atoms with E-state index < -0.39 is 79.1 Å². The molecule has 4 aliphatic carbocycles. The van der Waals surface area contributed by atoms with Crippen molar-refractivity contribution in [3.8, 4) is 0 Å². The number of fused-ring (bicyclic) bond motifs is 5. The summed E-state index contributed by atoms with van der Waals surface area (Å²) in [6.07, 6.45) is 18.5. The van der Waals surface area contributed by atoms with Crippen LogP contribution in [0.1, 0.15) is 188 Å². The summed E-state index contributed by atoms with van der Waals surface area (Å²) in [6, 6.07) is 4.02. The Bertz CT molecular complexity index is 3440. The topological polar surface area (TPSA) is 479 Å². The van der Waals surface area contributed by atoms with Crippen molar-refractivity contribution in [2.45, 2.75) is 219 Å². The van der Waals surface area contributed by atoms with Crippen LogP contribution in [0, 0.1) is 46.3 Å². The van der Waals surface area contributed by atoms with Gasteiger partial charge in [0, 0.05) is 64.2 Å². The molecule has 5 aliphatic rings. The molecule has 12 atom stereocenters. The van der Waals surface area contributed by atoms with Crippen LogP contribution < -0.4 is 48.7 Å². The lowest BCUT2D eigenvalue weighted by atomic mass is 9.47. The van der Waals surface area contributed by atoms with Crippen molar-refractivity contribution in [1.29, 1.82) is 0 Å². The molecule has 1 aliphatic heterocycles. The summed E-state index contributed by atoms with van der Waals surface area (Å²) in [4.78, 5) is 121. The van der Waals surface area contributed by atoms with E-state index in [0.29, 0.717) is 242 Å². The maximum absolute atomic E-state index is 14.1. The number of unbranched alkanes of at least 4 members (excludes halogenated alkanes) is 2. The molecule has 0 radical (unpaired) electrons. The SMILES string of the molecule is CCC(CC)CC[C@@H](C)C1CC[C@H]2[C@@H]3CC=C4C[C@@H](OC(=O)NCCOCCOCCOCCNC(=O)CCOCCOCCOCCOCCOCCOCCOCCOCCOCCOCCOCCOCCOCCC(=O)CCCCC[C@@H]5NC(=O)[C@@H](Cc6ccccc6)NC(=O)C[C@@H](CC(=O)O)NC(=O)CNC(=O)[C@H](CCCN=C(N)N)NC5=O)CC[C@]4(C)[C@H]3CC[C@]12C. The van der Waals surface area contributed by atoms with Crippen molar-refractivity contribution in [3.05, 3.63) is 47.5 Å². The highest BCUT2D eigenvalue weighted by atomic mass is 16.6. The maximum Gasteiger partial charge on any atom is 0.407 e. The summed E-state index contributed by atoms with van der Waals surface area (Å²) >= 11 is 0. The van der Waals surface area contributed by atoms with Gasteiger partial charge in [-0.05, 0) is 123 Å². The van der Waals surface area contributed by atoms with Gasteiger partial charge in [-0.3, -0.25) is 43.3 Å². The number of nitrogens with zero attached hydrogens (tertiary/aromatic N) is 1. The van der Waals surface area contributed by atoms with Crippen molar-refractivity contribution < 1.29 is 129 Å². The highest BCUT2D eigenvalue weighted by molar-refractivity contribution is 5.95. The van der Waals surface area contributed by atoms with E-state index in [-0.39, 0.29) is 100.0 Å². The monoisotopic (exact) mass is 1890 g/mol. The molecule has 1 aromatic rings. The third-order valence-corrected chi connectivity index (χ3v) is 25.8. The van der Waals surface area contributed by atoms with E-state index in [1.807, 2.05) is 0 Å². The number of aliphatic carboxylic acids is 1. The first kappa shape index (κ1) is 115. The van der Waals surface area contributed by atoms with Crippen molar-refractivity contribution >= 4 is 59.2 Å². The van der Waals surface area contributed by atoms with E-state index in [1.165, 1.54) is 63.4 Å². The first-order chi connectivity index (χ1) is 64.6. The van der Waals surface area contributed by atoms with Gasteiger partial charge in [-0.15, -0.1) is 0 Å². The molecule has 3 saturated carbocycles. The molecule has 760 valence electrons. The van der Waals surface area contributed by atoms with Crippen LogP contribution >= 0.6 is 0 Å². The van der Waals surface area contributed by atoms with Gasteiger partial charge in [0.2, 0.25) is 35.4 Å². The summed E-state index contributed by atoms with van der Waals surface area (Å²) in [5, 5.41) is 28.3. The number of guanidine groups is 1. The minimum atomic E-state index is -1.29. The fourth-order valence-electron chi connectivity index (χ4n) is 18.6. The summed E-state index contributed by atoms with van der Waals surface area (Å²) in [5.74, 6) is -0.313. The zero-order valence-corrected chi connectivity index (χ0v) is 80.4. The number of ketones is 1. The van der Waals surface area contributed by atoms with E-state index in [2.05, 4.69) is 82.9 Å². The van der Waals surface area contributed by atoms with Gasteiger partial charge >= 0.3 is 12.1 Å². The maximum atomic E-state index is 14.1. The Kier molecular flexibility index (Phi) is 60.7. The Morgan fingerprint density at radius 1 is 0.496 bits per heavy atom.